The summed E-state index contributed by atoms with van der Waals surface area (Å²) in [7, 11) is 1.69. The summed E-state index contributed by atoms with van der Waals surface area (Å²) in [6, 6.07) is 8.28. The summed E-state index contributed by atoms with van der Waals surface area (Å²) in [5.74, 6) is 1.77. The number of piperazine rings is 1. The van der Waals surface area contributed by atoms with Crippen LogP contribution in [0.15, 0.2) is 84.3 Å². The zero-order valence-corrected chi connectivity index (χ0v) is 18.1. The molecule has 1 amide bonds. The summed E-state index contributed by atoms with van der Waals surface area (Å²) < 4.78 is 5.25. The number of benzene rings is 1. The summed E-state index contributed by atoms with van der Waals surface area (Å²) >= 11 is 0. The Morgan fingerprint density at radius 2 is 1.87 bits per heavy atom. The lowest BCUT2D eigenvalue weighted by Crippen LogP contribution is -2.48. The number of hydrogen-bond donors (Lipinski definition) is 1. The Balaban J connectivity index is 1.30. The van der Waals surface area contributed by atoms with Crippen molar-refractivity contribution in [3.63, 3.8) is 0 Å². The average Bonchev–Trinajstić information content (AvgIpc) is 2.80. The Morgan fingerprint density at radius 1 is 1.10 bits per heavy atom. The third-order valence-corrected chi connectivity index (χ3v) is 5.89. The molecule has 2 saturated heterocycles. The molecule has 0 aromatic heterocycles. The Bertz CT molecular complexity index is 935. The predicted octanol–water partition coefficient (Wildman–Crippen LogP) is 2.70. The first-order valence-corrected chi connectivity index (χ1v) is 10.7. The lowest BCUT2D eigenvalue weighted by atomic mass is 10.1. The lowest BCUT2D eigenvalue weighted by Gasteiger charge is -2.38. The number of hydrogen-bond acceptors (Lipinski definition) is 5. The normalized spacial score (nSPS) is 20.9. The molecule has 3 aliphatic heterocycles. The monoisotopic (exact) mass is 418 g/mol. The van der Waals surface area contributed by atoms with Crippen LogP contribution in [0, 0.1) is 0 Å². The smallest absolute Gasteiger partial charge is 0.254 e. The summed E-state index contributed by atoms with van der Waals surface area (Å²) in [5.41, 5.74) is 3.27. The van der Waals surface area contributed by atoms with Crippen molar-refractivity contribution in [3.8, 4) is 5.75 Å². The molecular formula is C25H30N4O2. The summed E-state index contributed by atoms with van der Waals surface area (Å²) in [6.07, 6.45) is 11.6. The second-order valence-electron chi connectivity index (χ2n) is 7.92. The first-order valence-electron chi connectivity index (χ1n) is 10.7. The van der Waals surface area contributed by atoms with E-state index in [0.29, 0.717) is 6.54 Å². The van der Waals surface area contributed by atoms with E-state index < -0.39 is 0 Å². The molecule has 1 aromatic carbocycles. The molecule has 0 aliphatic carbocycles. The van der Waals surface area contributed by atoms with Gasteiger partial charge in [-0.2, -0.15) is 0 Å². The second-order valence-corrected chi connectivity index (χ2v) is 7.92. The minimum atomic E-state index is -0.0226. The fourth-order valence-electron chi connectivity index (χ4n) is 4.09. The van der Waals surface area contributed by atoms with E-state index >= 15 is 0 Å². The Kier molecular flexibility index (Phi) is 6.57. The first kappa shape index (κ1) is 21.0. The van der Waals surface area contributed by atoms with E-state index in [9.17, 15) is 4.79 Å². The molecule has 6 heteroatoms. The molecule has 162 valence electrons. The number of allylic oxidation sites excluding steroid dienone is 4. The van der Waals surface area contributed by atoms with Gasteiger partial charge in [-0.1, -0.05) is 37.0 Å². The Morgan fingerprint density at radius 3 is 2.58 bits per heavy atom. The van der Waals surface area contributed by atoms with Gasteiger partial charge in [0.05, 0.1) is 13.7 Å². The molecule has 1 aromatic rings. The number of rotatable bonds is 6. The Labute approximate surface area is 184 Å². The highest BCUT2D eigenvalue weighted by molar-refractivity contribution is 5.96. The number of nitrogens with zero attached hydrogens (tertiary/aromatic N) is 3. The minimum absolute atomic E-state index is 0.0226. The third-order valence-electron chi connectivity index (χ3n) is 5.89. The topological polar surface area (TPSA) is 48.1 Å². The number of amides is 1. The SMILES string of the molecule is C=C/C=C\C=C1/CN2CC=C(CN3CCN(c4ccc(OC)cc4)CC3)C=C2NC1=O. The molecule has 31 heavy (non-hydrogen) atoms. The van der Waals surface area contributed by atoms with Crippen molar-refractivity contribution in [1.29, 1.82) is 0 Å². The average molecular weight is 419 g/mol. The number of nitrogens with one attached hydrogen (secondary N) is 1. The van der Waals surface area contributed by atoms with E-state index in [-0.39, 0.29) is 5.91 Å². The number of fused-ring (bicyclic) bond motifs is 1. The molecule has 3 heterocycles. The number of carbonyl (C=O) groups excluding carboxylic acids is 1. The number of methoxy groups -OCH3 is 1. The molecule has 0 atom stereocenters. The molecule has 6 nitrogen and oxygen atoms in total. The van der Waals surface area contributed by atoms with E-state index in [1.54, 1.807) is 13.2 Å². The fraction of sp³-hybridized carbons (Fsp3) is 0.320. The molecule has 3 aliphatic rings. The third kappa shape index (κ3) is 5.09. The van der Waals surface area contributed by atoms with Crippen LogP contribution in [0.2, 0.25) is 0 Å². The van der Waals surface area contributed by atoms with Crippen molar-refractivity contribution >= 4 is 11.6 Å². The molecule has 4 rings (SSSR count). The zero-order chi connectivity index (χ0) is 21.6. The van der Waals surface area contributed by atoms with Crippen LogP contribution in [0.3, 0.4) is 0 Å². The van der Waals surface area contributed by atoms with Gasteiger partial charge in [-0.15, -0.1) is 0 Å². The van der Waals surface area contributed by atoms with Gasteiger partial charge in [-0.3, -0.25) is 9.69 Å². The Hall–Kier alpha value is -3.25. The molecule has 0 unspecified atom stereocenters. The van der Waals surface area contributed by atoms with E-state index in [1.165, 1.54) is 11.3 Å². The van der Waals surface area contributed by atoms with Crippen LogP contribution in [0.25, 0.3) is 0 Å². The molecule has 0 saturated carbocycles. The number of anilines is 1. The van der Waals surface area contributed by atoms with Crippen LogP contribution in [0.5, 0.6) is 5.75 Å². The van der Waals surface area contributed by atoms with Gasteiger partial charge in [-0.25, -0.2) is 0 Å². The number of ether oxygens (including phenoxy) is 1. The highest BCUT2D eigenvalue weighted by Crippen LogP contribution is 2.23. The van der Waals surface area contributed by atoms with Gasteiger partial charge in [0.25, 0.3) is 5.91 Å². The summed E-state index contributed by atoms with van der Waals surface area (Å²) in [6.45, 7) is 10.1. The standard InChI is InChI=1S/C25H30N4O2/c1-3-4-5-6-21-19-29-12-11-20(17-24(29)26-25(21)30)18-27-13-15-28(16-14-27)22-7-9-23(31-2)10-8-22/h3-11,17H,1,12-16,18-19H2,2H3,(H,26,30)/b5-4-,21-6+. The lowest BCUT2D eigenvalue weighted by molar-refractivity contribution is -0.118. The van der Waals surface area contributed by atoms with Crippen LogP contribution >= 0.6 is 0 Å². The quantitative estimate of drug-likeness (QED) is 0.569. The maximum absolute atomic E-state index is 12.4. The molecule has 0 radical (unpaired) electrons. The predicted molar refractivity (Wildman–Crippen MR) is 125 cm³/mol. The molecule has 1 N–H and O–H groups in total. The maximum atomic E-state index is 12.4. The molecule has 0 spiro atoms. The fourth-order valence-corrected chi connectivity index (χ4v) is 4.09. The summed E-state index contributed by atoms with van der Waals surface area (Å²) in [4.78, 5) is 19.5. The zero-order valence-electron chi connectivity index (χ0n) is 18.1. The van der Waals surface area contributed by atoms with Crippen molar-refractivity contribution in [2.24, 2.45) is 0 Å². The number of carbonyl (C=O) groups is 1. The van der Waals surface area contributed by atoms with Gasteiger partial charge in [0.15, 0.2) is 0 Å². The van der Waals surface area contributed by atoms with Crippen LogP contribution in [0.4, 0.5) is 5.69 Å². The van der Waals surface area contributed by atoms with Crippen molar-refractivity contribution in [3.05, 3.63) is 84.3 Å². The van der Waals surface area contributed by atoms with Crippen LogP contribution in [-0.4, -0.2) is 68.6 Å². The maximum Gasteiger partial charge on any atom is 0.254 e. The van der Waals surface area contributed by atoms with Crippen molar-refractivity contribution < 1.29 is 9.53 Å². The molecule has 0 bridgehead atoms. The first-order chi connectivity index (χ1) is 15.2. The van der Waals surface area contributed by atoms with Gasteiger partial charge in [0.1, 0.15) is 11.6 Å². The highest BCUT2D eigenvalue weighted by Gasteiger charge is 2.26. The van der Waals surface area contributed by atoms with E-state index in [4.69, 9.17) is 4.74 Å². The van der Waals surface area contributed by atoms with Gasteiger partial charge >= 0.3 is 0 Å². The minimum Gasteiger partial charge on any atom is -0.497 e. The molecular weight excluding hydrogens is 388 g/mol. The van der Waals surface area contributed by atoms with Crippen LogP contribution < -0.4 is 15.0 Å². The van der Waals surface area contributed by atoms with E-state index in [0.717, 1.165) is 56.4 Å². The van der Waals surface area contributed by atoms with Crippen molar-refractivity contribution in [2.75, 3.05) is 57.8 Å². The van der Waals surface area contributed by atoms with Crippen LogP contribution in [-0.2, 0) is 4.79 Å². The molecule has 2 fully saturated rings. The van der Waals surface area contributed by atoms with E-state index in [1.807, 2.05) is 30.4 Å². The van der Waals surface area contributed by atoms with Crippen molar-refractivity contribution in [2.45, 2.75) is 0 Å². The van der Waals surface area contributed by atoms with Crippen molar-refractivity contribution in [1.82, 2.24) is 15.1 Å². The second kappa shape index (κ2) is 9.71. The van der Waals surface area contributed by atoms with E-state index in [2.05, 4.69) is 50.9 Å². The van der Waals surface area contributed by atoms with Gasteiger partial charge < -0.3 is 19.9 Å². The van der Waals surface area contributed by atoms with Gasteiger partial charge in [0.2, 0.25) is 0 Å². The largest absolute Gasteiger partial charge is 0.497 e. The van der Waals surface area contributed by atoms with Gasteiger partial charge in [0, 0.05) is 50.5 Å². The summed E-state index contributed by atoms with van der Waals surface area (Å²) in [5, 5.41) is 3.04. The van der Waals surface area contributed by atoms with Crippen LogP contribution in [0.1, 0.15) is 0 Å². The van der Waals surface area contributed by atoms with Gasteiger partial charge in [-0.05, 0) is 35.9 Å². The highest BCUT2D eigenvalue weighted by atomic mass is 16.5.